The molecule has 0 aliphatic heterocycles. The van der Waals surface area contributed by atoms with Crippen molar-refractivity contribution in [1.82, 2.24) is 5.32 Å². The summed E-state index contributed by atoms with van der Waals surface area (Å²) < 4.78 is 2.22. The predicted molar refractivity (Wildman–Crippen MR) is 91.4 cm³/mol. The monoisotopic (exact) mass is 421 g/mol. The molecule has 1 heterocycles. The van der Waals surface area contributed by atoms with Gasteiger partial charge in [0, 0.05) is 14.4 Å². The highest BCUT2D eigenvalue weighted by atomic mass is 79.9. The fourth-order valence-corrected chi connectivity index (χ4v) is 4.25. The lowest BCUT2D eigenvalue weighted by atomic mass is 10.0. The number of thiophene rings is 1. The van der Waals surface area contributed by atoms with E-state index in [1.807, 2.05) is 13.0 Å². The van der Waals surface area contributed by atoms with E-state index >= 15 is 0 Å². The van der Waals surface area contributed by atoms with E-state index in [4.69, 9.17) is 11.6 Å². The van der Waals surface area contributed by atoms with Gasteiger partial charge in [0.25, 0.3) is 0 Å². The van der Waals surface area contributed by atoms with Crippen molar-refractivity contribution < 1.29 is 0 Å². The Balaban J connectivity index is 2.41. The Morgan fingerprint density at radius 2 is 2.05 bits per heavy atom. The second-order valence-electron chi connectivity index (χ2n) is 4.27. The van der Waals surface area contributed by atoms with Gasteiger partial charge < -0.3 is 5.32 Å². The topological polar surface area (TPSA) is 12.0 Å². The van der Waals surface area contributed by atoms with Crippen LogP contribution in [0.1, 0.15) is 29.0 Å². The number of nitrogens with one attached hydrogen (secondary N) is 1. The van der Waals surface area contributed by atoms with Gasteiger partial charge in [-0.25, -0.2) is 0 Å². The Labute approximate surface area is 139 Å². The van der Waals surface area contributed by atoms with Crippen LogP contribution in [0.2, 0.25) is 5.02 Å². The molecule has 1 unspecified atom stereocenters. The third kappa shape index (κ3) is 3.61. The molecule has 19 heavy (non-hydrogen) atoms. The Hall–Kier alpha value is 0.130. The first-order valence-electron chi connectivity index (χ1n) is 5.97. The minimum atomic E-state index is 0.202. The van der Waals surface area contributed by atoms with Gasteiger partial charge in [0.05, 0.1) is 9.83 Å². The molecular weight excluding hydrogens is 409 g/mol. The summed E-state index contributed by atoms with van der Waals surface area (Å²) in [6.45, 7) is 5.07. The van der Waals surface area contributed by atoms with Crippen molar-refractivity contribution >= 4 is 54.8 Å². The first-order chi connectivity index (χ1) is 9.02. The molecule has 1 aromatic heterocycles. The maximum Gasteiger partial charge on any atom is 0.0843 e. The van der Waals surface area contributed by atoms with Gasteiger partial charge in [0.15, 0.2) is 0 Å². The number of hydrogen-bond acceptors (Lipinski definition) is 2. The van der Waals surface area contributed by atoms with Crippen LogP contribution in [-0.2, 0) is 0 Å². The SMILES string of the molecule is CCNC(c1ccc(Cl)c(C)c1)c1cc(Br)c(Br)s1. The quantitative estimate of drug-likeness (QED) is 0.642. The van der Waals surface area contributed by atoms with Gasteiger partial charge in [-0.1, -0.05) is 30.7 Å². The molecule has 0 saturated heterocycles. The second kappa shape index (κ2) is 6.72. The molecule has 2 rings (SSSR count). The highest BCUT2D eigenvalue weighted by Gasteiger charge is 2.17. The van der Waals surface area contributed by atoms with Crippen LogP contribution >= 0.6 is 54.8 Å². The van der Waals surface area contributed by atoms with Gasteiger partial charge >= 0.3 is 0 Å². The van der Waals surface area contributed by atoms with Crippen molar-refractivity contribution in [3.05, 3.63) is 53.6 Å². The fraction of sp³-hybridized carbons (Fsp3) is 0.286. The van der Waals surface area contributed by atoms with Crippen LogP contribution in [0, 0.1) is 6.92 Å². The summed E-state index contributed by atoms with van der Waals surface area (Å²) in [5.41, 5.74) is 2.35. The van der Waals surface area contributed by atoms with Crippen molar-refractivity contribution in [3.8, 4) is 0 Å². The van der Waals surface area contributed by atoms with Crippen molar-refractivity contribution in [3.63, 3.8) is 0 Å². The molecule has 102 valence electrons. The molecule has 1 atom stereocenters. The van der Waals surface area contributed by atoms with E-state index < -0.39 is 0 Å². The average Bonchev–Trinajstić information content (AvgIpc) is 2.70. The molecule has 0 saturated carbocycles. The third-order valence-electron chi connectivity index (χ3n) is 2.87. The molecule has 0 amide bonds. The van der Waals surface area contributed by atoms with Gasteiger partial charge in [-0.05, 0) is 68.6 Å². The van der Waals surface area contributed by atoms with E-state index in [1.165, 1.54) is 10.4 Å². The van der Waals surface area contributed by atoms with Gasteiger partial charge in [0.1, 0.15) is 0 Å². The molecule has 0 fully saturated rings. The van der Waals surface area contributed by atoms with Crippen LogP contribution in [0.15, 0.2) is 32.5 Å². The Bertz CT molecular complexity index is 563. The summed E-state index contributed by atoms with van der Waals surface area (Å²) in [4.78, 5) is 1.28. The molecule has 1 nitrogen and oxygen atoms in total. The van der Waals surface area contributed by atoms with Crippen LogP contribution < -0.4 is 5.32 Å². The van der Waals surface area contributed by atoms with Crippen molar-refractivity contribution in [2.45, 2.75) is 19.9 Å². The van der Waals surface area contributed by atoms with Gasteiger partial charge in [-0.15, -0.1) is 11.3 Å². The summed E-state index contributed by atoms with van der Waals surface area (Å²) >= 11 is 15.0. The average molecular weight is 424 g/mol. The van der Waals surface area contributed by atoms with E-state index in [0.29, 0.717) is 0 Å². The highest BCUT2D eigenvalue weighted by molar-refractivity contribution is 9.13. The molecule has 0 radical (unpaired) electrons. The molecule has 1 aromatic carbocycles. The van der Waals surface area contributed by atoms with E-state index in [2.05, 4.69) is 62.3 Å². The van der Waals surface area contributed by atoms with Crippen LogP contribution in [0.4, 0.5) is 0 Å². The minimum absolute atomic E-state index is 0.202. The summed E-state index contributed by atoms with van der Waals surface area (Å²) in [7, 11) is 0. The van der Waals surface area contributed by atoms with E-state index in [0.717, 1.165) is 25.4 Å². The normalized spacial score (nSPS) is 12.7. The first kappa shape index (κ1) is 15.5. The number of aryl methyl sites for hydroxylation is 1. The van der Waals surface area contributed by atoms with Crippen molar-refractivity contribution in [2.24, 2.45) is 0 Å². The standard InChI is InChI=1S/C14H14Br2ClNS/c1-3-18-13(12-7-10(15)14(16)19-12)9-4-5-11(17)8(2)6-9/h4-7,13,18H,3H2,1-2H3. The van der Waals surface area contributed by atoms with Crippen molar-refractivity contribution in [1.29, 1.82) is 0 Å². The summed E-state index contributed by atoms with van der Waals surface area (Å²) in [5, 5.41) is 4.34. The molecule has 5 heteroatoms. The van der Waals surface area contributed by atoms with Crippen molar-refractivity contribution in [2.75, 3.05) is 6.54 Å². The van der Waals surface area contributed by atoms with Crippen LogP contribution in [0.25, 0.3) is 0 Å². The largest absolute Gasteiger partial charge is 0.306 e. The zero-order valence-corrected chi connectivity index (χ0v) is 15.4. The van der Waals surface area contributed by atoms with E-state index in [1.54, 1.807) is 11.3 Å². The van der Waals surface area contributed by atoms with Gasteiger partial charge in [0.2, 0.25) is 0 Å². The lowest BCUT2D eigenvalue weighted by Gasteiger charge is -2.17. The Kier molecular flexibility index (Phi) is 5.49. The fourth-order valence-electron chi connectivity index (χ4n) is 1.94. The van der Waals surface area contributed by atoms with E-state index in [9.17, 15) is 0 Å². The maximum absolute atomic E-state index is 6.10. The lowest BCUT2D eigenvalue weighted by Crippen LogP contribution is -2.21. The number of hydrogen-bond donors (Lipinski definition) is 1. The molecule has 1 N–H and O–H groups in total. The molecular formula is C14H14Br2ClNS. The van der Waals surface area contributed by atoms with Gasteiger partial charge in [-0.3, -0.25) is 0 Å². The minimum Gasteiger partial charge on any atom is -0.306 e. The predicted octanol–water partition coefficient (Wildman–Crippen LogP) is 5.93. The Morgan fingerprint density at radius 3 is 2.58 bits per heavy atom. The van der Waals surface area contributed by atoms with Crippen LogP contribution in [0.3, 0.4) is 0 Å². The smallest absolute Gasteiger partial charge is 0.0843 e. The van der Waals surface area contributed by atoms with Crippen LogP contribution in [0.5, 0.6) is 0 Å². The van der Waals surface area contributed by atoms with Crippen LogP contribution in [-0.4, -0.2) is 6.54 Å². The highest BCUT2D eigenvalue weighted by Crippen LogP contribution is 2.38. The zero-order valence-electron chi connectivity index (χ0n) is 10.6. The van der Waals surface area contributed by atoms with E-state index in [-0.39, 0.29) is 6.04 Å². The molecule has 0 spiro atoms. The molecule has 0 bridgehead atoms. The molecule has 2 aromatic rings. The number of halogens is 3. The molecule has 0 aliphatic rings. The summed E-state index contributed by atoms with van der Waals surface area (Å²) in [6.07, 6.45) is 0. The summed E-state index contributed by atoms with van der Waals surface area (Å²) in [6, 6.07) is 8.57. The van der Waals surface area contributed by atoms with Gasteiger partial charge in [-0.2, -0.15) is 0 Å². The second-order valence-corrected chi connectivity index (χ2v) is 7.93. The number of rotatable bonds is 4. The lowest BCUT2D eigenvalue weighted by molar-refractivity contribution is 0.639. The zero-order chi connectivity index (χ0) is 14.0. The first-order valence-corrected chi connectivity index (χ1v) is 8.75. The Morgan fingerprint density at radius 1 is 1.32 bits per heavy atom. The summed E-state index contributed by atoms with van der Waals surface area (Å²) in [5.74, 6) is 0. The maximum atomic E-state index is 6.10. The third-order valence-corrected chi connectivity index (χ3v) is 6.62. The number of benzene rings is 1. The molecule has 0 aliphatic carbocycles.